The first-order chi connectivity index (χ1) is 14.9. The van der Waals surface area contributed by atoms with Gasteiger partial charge in [0.05, 0.1) is 25.4 Å². The third-order valence-electron chi connectivity index (χ3n) is 4.86. The minimum absolute atomic E-state index is 0. The lowest BCUT2D eigenvalue weighted by Crippen LogP contribution is -2.41. The number of hydrogen-bond donors (Lipinski definition) is 2. The number of nitrogens with one attached hydrogen (secondary N) is 2. The van der Waals surface area contributed by atoms with Gasteiger partial charge in [-0.25, -0.2) is 4.99 Å². The molecule has 1 aromatic heterocycles. The van der Waals surface area contributed by atoms with Gasteiger partial charge in [0.25, 0.3) is 0 Å². The van der Waals surface area contributed by atoms with Crippen LogP contribution in [-0.4, -0.2) is 67.6 Å². The van der Waals surface area contributed by atoms with Crippen LogP contribution in [0.1, 0.15) is 36.6 Å². The van der Waals surface area contributed by atoms with Crippen molar-refractivity contribution in [3.05, 3.63) is 47.3 Å². The maximum Gasteiger partial charge on any atom is 0.191 e. The number of aromatic nitrogens is 2. The van der Waals surface area contributed by atoms with Crippen molar-refractivity contribution in [1.29, 1.82) is 0 Å². The second-order valence-electron chi connectivity index (χ2n) is 7.66. The molecule has 1 atom stereocenters. The molecule has 1 heterocycles. The van der Waals surface area contributed by atoms with E-state index in [9.17, 15) is 0 Å². The van der Waals surface area contributed by atoms with Crippen LogP contribution in [0.2, 0.25) is 0 Å². The molecule has 1 aromatic carbocycles. The van der Waals surface area contributed by atoms with E-state index in [0.29, 0.717) is 26.4 Å². The van der Waals surface area contributed by atoms with Crippen LogP contribution in [0.4, 0.5) is 0 Å². The predicted molar refractivity (Wildman–Crippen MR) is 141 cm³/mol. The Morgan fingerprint density at radius 3 is 2.62 bits per heavy atom. The molecule has 0 radical (unpaired) electrons. The first kappa shape index (κ1) is 28.2. The van der Waals surface area contributed by atoms with Crippen LogP contribution in [-0.2, 0) is 18.3 Å². The molecule has 8 nitrogen and oxygen atoms in total. The molecule has 0 amide bonds. The van der Waals surface area contributed by atoms with Crippen LogP contribution in [0.3, 0.4) is 0 Å². The summed E-state index contributed by atoms with van der Waals surface area (Å²) in [6.07, 6.45) is 3.96. The minimum atomic E-state index is 0. The van der Waals surface area contributed by atoms with Gasteiger partial charge in [0.15, 0.2) is 5.96 Å². The molecule has 0 fully saturated rings. The lowest BCUT2D eigenvalue weighted by Gasteiger charge is -2.24. The molecule has 32 heavy (non-hydrogen) atoms. The maximum absolute atomic E-state index is 5.95. The van der Waals surface area contributed by atoms with Crippen LogP contribution in [0.5, 0.6) is 5.75 Å². The van der Waals surface area contributed by atoms with Crippen LogP contribution < -0.4 is 15.4 Å². The van der Waals surface area contributed by atoms with Gasteiger partial charge in [-0.3, -0.25) is 4.68 Å². The van der Waals surface area contributed by atoms with Gasteiger partial charge in [0.1, 0.15) is 12.4 Å². The van der Waals surface area contributed by atoms with Gasteiger partial charge in [-0.2, -0.15) is 5.10 Å². The van der Waals surface area contributed by atoms with Crippen LogP contribution in [0.25, 0.3) is 0 Å². The van der Waals surface area contributed by atoms with Crippen molar-refractivity contribution in [2.45, 2.75) is 33.4 Å². The van der Waals surface area contributed by atoms with Gasteiger partial charge in [-0.1, -0.05) is 12.1 Å². The molecular weight excluding hydrogens is 519 g/mol. The van der Waals surface area contributed by atoms with Crippen molar-refractivity contribution in [2.75, 3.05) is 47.0 Å². The quantitative estimate of drug-likeness (QED) is 0.181. The number of likely N-dealkylation sites (N-methyl/N-ethyl adjacent to an activating group) is 1. The maximum atomic E-state index is 5.95. The fourth-order valence-electron chi connectivity index (χ4n) is 3.19. The SMILES string of the molecule is CCNC(=NCc1ccc(C)cc1OCCOCC)NCC(c1cnn(C)c1)N(C)C.I. The van der Waals surface area contributed by atoms with E-state index in [1.807, 2.05) is 24.9 Å². The number of hydrogen-bond acceptors (Lipinski definition) is 5. The van der Waals surface area contributed by atoms with Crippen molar-refractivity contribution in [1.82, 2.24) is 25.3 Å². The Kier molecular flexibility index (Phi) is 13.3. The first-order valence-corrected chi connectivity index (χ1v) is 10.9. The monoisotopic (exact) mass is 558 g/mol. The molecule has 2 aromatic rings. The summed E-state index contributed by atoms with van der Waals surface area (Å²) in [7, 11) is 6.08. The summed E-state index contributed by atoms with van der Waals surface area (Å²) in [5.74, 6) is 1.64. The zero-order chi connectivity index (χ0) is 22.6. The number of benzene rings is 1. The molecule has 180 valence electrons. The Hall–Kier alpha value is -1.85. The highest BCUT2D eigenvalue weighted by Crippen LogP contribution is 2.21. The molecule has 0 aliphatic rings. The molecule has 0 aliphatic heterocycles. The van der Waals surface area contributed by atoms with E-state index in [0.717, 1.165) is 35.9 Å². The van der Waals surface area contributed by atoms with E-state index < -0.39 is 0 Å². The smallest absolute Gasteiger partial charge is 0.191 e. The number of halogens is 1. The van der Waals surface area contributed by atoms with E-state index in [1.54, 1.807) is 0 Å². The largest absolute Gasteiger partial charge is 0.491 e. The summed E-state index contributed by atoms with van der Waals surface area (Å²) in [5.41, 5.74) is 3.38. The van der Waals surface area contributed by atoms with Gasteiger partial charge in [-0.05, 0) is 46.5 Å². The molecular formula is C23H39IN6O2. The third-order valence-corrected chi connectivity index (χ3v) is 4.86. The zero-order valence-electron chi connectivity index (χ0n) is 20.2. The van der Waals surface area contributed by atoms with Crippen molar-refractivity contribution in [2.24, 2.45) is 12.0 Å². The summed E-state index contributed by atoms with van der Waals surface area (Å²) in [6, 6.07) is 6.41. The molecule has 1 unspecified atom stereocenters. The lowest BCUT2D eigenvalue weighted by atomic mass is 10.1. The Balaban J connectivity index is 0.00000512. The van der Waals surface area contributed by atoms with Crippen LogP contribution in [0, 0.1) is 6.92 Å². The summed E-state index contributed by atoms with van der Waals surface area (Å²) >= 11 is 0. The van der Waals surface area contributed by atoms with Crippen molar-refractivity contribution < 1.29 is 9.47 Å². The number of ether oxygens (including phenoxy) is 2. The topological polar surface area (TPSA) is 75.9 Å². The Bertz CT molecular complexity index is 825. The van der Waals surface area contributed by atoms with E-state index in [2.05, 4.69) is 73.0 Å². The van der Waals surface area contributed by atoms with E-state index in [1.165, 1.54) is 5.56 Å². The van der Waals surface area contributed by atoms with Gasteiger partial charge < -0.3 is 25.0 Å². The highest BCUT2D eigenvalue weighted by atomic mass is 127. The highest BCUT2D eigenvalue weighted by molar-refractivity contribution is 14.0. The summed E-state index contributed by atoms with van der Waals surface area (Å²) in [5, 5.41) is 11.1. The first-order valence-electron chi connectivity index (χ1n) is 10.9. The summed E-state index contributed by atoms with van der Waals surface area (Å²) in [6.45, 7) is 9.95. The van der Waals surface area contributed by atoms with Gasteiger partial charge in [0.2, 0.25) is 0 Å². The van der Waals surface area contributed by atoms with E-state index in [-0.39, 0.29) is 30.0 Å². The van der Waals surface area contributed by atoms with E-state index >= 15 is 0 Å². The molecule has 0 bridgehead atoms. The van der Waals surface area contributed by atoms with Gasteiger partial charge >= 0.3 is 0 Å². The predicted octanol–water partition coefficient (Wildman–Crippen LogP) is 3.12. The molecule has 0 saturated heterocycles. The molecule has 0 aliphatic carbocycles. The molecule has 2 rings (SSSR count). The number of rotatable bonds is 12. The van der Waals surface area contributed by atoms with Crippen molar-refractivity contribution in [3.63, 3.8) is 0 Å². The van der Waals surface area contributed by atoms with Gasteiger partial charge in [0, 0.05) is 44.1 Å². The Morgan fingerprint density at radius 2 is 2.00 bits per heavy atom. The Labute approximate surface area is 209 Å². The third kappa shape index (κ3) is 9.33. The lowest BCUT2D eigenvalue weighted by molar-refractivity contribution is 0.110. The standard InChI is InChI=1S/C23H38N6O2.HI/c1-7-24-23(26-16-21(28(4)5)20-15-27-29(6)17-20)25-14-19-10-9-18(3)13-22(19)31-12-11-30-8-2;/h9-10,13,15,17,21H,7-8,11-12,14,16H2,1-6H3,(H2,24,25,26);1H. The summed E-state index contributed by atoms with van der Waals surface area (Å²) < 4.78 is 13.2. The minimum Gasteiger partial charge on any atom is -0.491 e. The molecule has 0 saturated carbocycles. The zero-order valence-corrected chi connectivity index (χ0v) is 22.6. The second kappa shape index (κ2) is 15.1. The molecule has 9 heteroatoms. The number of aliphatic imine (C=N–C) groups is 1. The highest BCUT2D eigenvalue weighted by Gasteiger charge is 2.16. The fourth-order valence-corrected chi connectivity index (χ4v) is 3.19. The van der Waals surface area contributed by atoms with Crippen LogP contribution >= 0.6 is 24.0 Å². The number of nitrogens with zero attached hydrogens (tertiary/aromatic N) is 4. The second-order valence-corrected chi connectivity index (χ2v) is 7.66. The average molecular weight is 559 g/mol. The van der Waals surface area contributed by atoms with Gasteiger partial charge in [-0.15, -0.1) is 24.0 Å². The fraction of sp³-hybridized carbons (Fsp3) is 0.565. The summed E-state index contributed by atoms with van der Waals surface area (Å²) in [4.78, 5) is 6.97. The van der Waals surface area contributed by atoms with Crippen molar-refractivity contribution >= 4 is 29.9 Å². The number of aryl methyl sites for hydroxylation is 2. The normalized spacial score (nSPS) is 12.4. The van der Waals surface area contributed by atoms with Crippen molar-refractivity contribution in [3.8, 4) is 5.75 Å². The Morgan fingerprint density at radius 1 is 1.22 bits per heavy atom. The number of guanidine groups is 1. The molecule has 0 spiro atoms. The molecule has 2 N–H and O–H groups in total. The van der Waals surface area contributed by atoms with E-state index in [4.69, 9.17) is 14.5 Å². The average Bonchev–Trinajstić information content (AvgIpc) is 3.16. The van der Waals surface area contributed by atoms with Crippen LogP contribution in [0.15, 0.2) is 35.6 Å².